The van der Waals surface area contributed by atoms with Gasteiger partial charge in [-0.25, -0.2) is 0 Å². The van der Waals surface area contributed by atoms with Gasteiger partial charge in [-0.1, -0.05) is 24.6 Å². The average molecular weight is 291 g/mol. The second-order valence-corrected chi connectivity index (χ2v) is 5.36. The second kappa shape index (κ2) is 6.46. The first-order chi connectivity index (χ1) is 9.24. The van der Waals surface area contributed by atoms with Gasteiger partial charge in [0.2, 0.25) is 0 Å². The Labute approximate surface area is 121 Å². The predicted octanol–water partition coefficient (Wildman–Crippen LogP) is 4.51. The van der Waals surface area contributed by atoms with Crippen molar-refractivity contribution in [3.05, 3.63) is 47.2 Å². The van der Waals surface area contributed by atoms with Crippen molar-refractivity contribution in [2.75, 3.05) is 5.75 Å². The van der Waals surface area contributed by atoms with Crippen molar-refractivity contribution in [2.24, 2.45) is 0 Å². The summed E-state index contributed by atoms with van der Waals surface area (Å²) in [5.74, 6) is 1.93. The van der Waals surface area contributed by atoms with Crippen LogP contribution in [0.1, 0.15) is 12.5 Å². The molecule has 3 nitrogen and oxygen atoms in total. The van der Waals surface area contributed by atoms with Gasteiger partial charge < -0.3 is 4.74 Å². The largest absolute Gasteiger partial charge is 0.454 e. The fourth-order valence-corrected chi connectivity index (χ4v) is 2.50. The summed E-state index contributed by atoms with van der Waals surface area (Å²) in [5, 5.41) is 9.77. The molecule has 96 valence electrons. The Morgan fingerprint density at radius 2 is 2.26 bits per heavy atom. The molecule has 0 radical (unpaired) electrons. The van der Waals surface area contributed by atoms with Crippen molar-refractivity contribution in [1.82, 2.24) is 4.98 Å². The molecule has 2 rings (SSSR count). The van der Waals surface area contributed by atoms with Gasteiger partial charge in [-0.15, -0.1) is 11.8 Å². The molecule has 0 saturated heterocycles. The van der Waals surface area contributed by atoms with E-state index in [-0.39, 0.29) is 0 Å². The first kappa shape index (κ1) is 13.7. The van der Waals surface area contributed by atoms with Crippen molar-refractivity contribution >= 4 is 23.4 Å². The zero-order chi connectivity index (χ0) is 13.7. The third-order valence-corrected chi connectivity index (χ3v) is 3.45. The van der Waals surface area contributed by atoms with Gasteiger partial charge in [-0.3, -0.25) is 4.98 Å². The van der Waals surface area contributed by atoms with Crippen LogP contribution in [0.25, 0.3) is 0 Å². The highest BCUT2D eigenvalue weighted by Gasteiger charge is 2.10. The lowest BCUT2D eigenvalue weighted by molar-refractivity contribution is 0.477. The smallest absolute Gasteiger partial charge is 0.147 e. The molecule has 1 heterocycles. The minimum absolute atomic E-state index is 0.495. The highest BCUT2D eigenvalue weighted by Crippen LogP contribution is 2.32. The van der Waals surface area contributed by atoms with Crippen molar-refractivity contribution < 1.29 is 4.74 Å². The van der Waals surface area contributed by atoms with Crippen LogP contribution in [0.15, 0.2) is 41.6 Å². The average Bonchev–Trinajstić information content (AvgIpc) is 2.39. The molecule has 0 N–H and O–H groups in total. The van der Waals surface area contributed by atoms with Crippen molar-refractivity contribution in [2.45, 2.75) is 11.8 Å². The molecule has 0 spiro atoms. The number of ether oxygens (including phenoxy) is 1. The Morgan fingerprint density at radius 1 is 1.42 bits per heavy atom. The Bertz CT molecular complexity index is 625. The van der Waals surface area contributed by atoms with Crippen molar-refractivity contribution in [3.63, 3.8) is 0 Å². The first-order valence-electron chi connectivity index (χ1n) is 5.69. The van der Waals surface area contributed by atoms with Crippen LogP contribution in [-0.2, 0) is 0 Å². The fraction of sp³-hybridized carbons (Fsp3) is 0.143. The Kier molecular flexibility index (Phi) is 4.67. The number of hydrogen-bond acceptors (Lipinski definition) is 4. The zero-order valence-corrected chi connectivity index (χ0v) is 11.8. The number of pyridine rings is 1. The summed E-state index contributed by atoms with van der Waals surface area (Å²) in [6.45, 7) is 2.04. The molecule has 19 heavy (non-hydrogen) atoms. The van der Waals surface area contributed by atoms with Crippen LogP contribution < -0.4 is 4.74 Å². The van der Waals surface area contributed by atoms with E-state index in [0.29, 0.717) is 22.1 Å². The van der Waals surface area contributed by atoms with E-state index in [1.807, 2.05) is 19.1 Å². The molecular formula is C14H11ClN2OS. The summed E-state index contributed by atoms with van der Waals surface area (Å²) >= 11 is 7.46. The standard InChI is InChI=1S/C14H11ClN2OS/c1-2-19-14-5-3-4-13(12(14)7-16)18-11-6-10(15)8-17-9-11/h3-6,8-9H,2H2,1H3. The van der Waals surface area contributed by atoms with Gasteiger partial charge in [0.25, 0.3) is 0 Å². The van der Waals surface area contributed by atoms with Gasteiger partial charge in [0.1, 0.15) is 23.1 Å². The van der Waals surface area contributed by atoms with Crippen LogP contribution in [0, 0.1) is 11.3 Å². The van der Waals surface area contributed by atoms with Crippen LogP contribution in [-0.4, -0.2) is 10.7 Å². The van der Waals surface area contributed by atoms with Crippen LogP contribution in [0.4, 0.5) is 0 Å². The lowest BCUT2D eigenvalue weighted by Gasteiger charge is -2.09. The number of benzene rings is 1. The van der Waals surface area contributed by atoms with Crippen LogP contribution in [0.3, 0.4) is 0 Å². The number of hydrogen-bond donors (Lipinski definition) is 0. The molecule has 0 aliphatic carbocycles. The van der Waals surface area contributed by atoms with Crippen molar-refractivity contribution in [1.29, 1.82) is 5.26 Å². The molecule has 0 atom stereocenters. The molecule has 5 heteroatoms. The fourth-order valence-electron chi connectivity index (χ4n) is 1.56. The number of aromatic nitrogens is 1. The van der Waals surface area contributed by atoms with Gasteiger partial charge in [0.05, 0.1) is 11.2 Å². The highest BCUT2D eigenvalue weighted by molar-refractivity contribution is 7.99. The number of rotatable bonds is 4. The molecule has 1 aromatic heterocycles. The van der Waals surface area contributed by atoms with Crippen molar-refractivity contribution in [3.8, 4) is 17.6 Å². The first-order valence-corrected chi connectivity index (χ1v) is 7.05. The molecule has 2 aromatic rings. The normalized spacial score (nSPS) is 9.95. The molecule has 0 aliphatic rings. The summed E-state index contributed by atoms with van der Waals surface area (Å²) in [4.78, 5) is 4.86. The summed E-state index contributed by atoms with van der Waals surface area (Å²) in [7, 11) is 0. The van der Waals surface area contributed by atoms with E-state index in [4.69, 9.17) is 16.3 Å². The van der Waals surface area contributed by atoms with E-state index < -0.39 is 0 Å². The Balaban J connectivity index is 2.35. The Hall–Kier alpha value is -1.70. The van der Waals surface area contributed by atoms with E-state index in [0.717, 1.165) is 10.6 Å². The molecule has 0 fully saturated rings. The maximum absolute atomic E-state index is 9.27. The molecule has 0 aliphatic heterocycles. The minimum Gasteiger partial charge on any atom is -0.454 e. The highest BCUT2D eigenvalue weighted by atomic mass is 35.5. The molecular weight excluding hydrogens is 280 g/mol. The van der Waals surface area contributed by atoms with E-state index in [1.54, 1.807) is 30.1 Å². The number of thioether (sulfide) groups is 1. The summed E-state index contributed by atoms with van der Waals surface area (Å²) in [6.07, 6.45) is 3.09. The van der Waals surface area contributed by atoms with Crippen LogP contribution >= 0.6 is 23.4 Å². The lowest BCUT2D eigenvalue weighted by Crippen LogP contribution is -1.91. The molecule has 0 saturated carbocycles. The molecule has 1 aromatic carbocycles. The Morgan fingerprint density at radius 3 is 2.95 bits per heavy atom. The quantitative estimate of drug-likeness (QED) is 0.777. The summed E-state index contributed by atoms with van der Waals surface area (Å²) in [6, 6.07) is 9.39. The molecule has 0 amide bonds. The minimum atomic E-state index is 0.495. The zero-order valence-electron chi connectivity index (χ0n) is 10.3. The van der Waals surface area contributed by atoms with Crippen LogP contribution in [0.2, 0.25) is 5.02 Å². The van der Waals surface area contributed by atoms with Gasteiger partial charge in [0.15, 0.2) is 0 Å². The number of nitrogens with zero attached hydrogens (tertiary/aromatic N) is 2. The van der Waals surface area contributed by atoms with Gasteiger partial charge in [-0.05, 0) is 17.9 Å². The second-order valence-electron chi connectivity index (χ2n) is 3.62. The predicted molar refractivity (Wildman–Crippen MR) is 76.9 cm³/mol. The summed E-state index contributed by atoms with van der Waals surface area (Å²) in [5.41, 5.74) is 0.536. The maximum atomic E-state index is 9.27. The van der Waals surface area contributed by atoms with Gasteiger partial charge >= 0.3 is 0 Å². The van der Waals surface area contributed by atoms with E-state index in [1.165, 1.54) is 6.20 Å². The molecule has 0 unspecified atom stereocenters. The number of halogens is 1. The monoisotopic (exact) mass is 290 g/mol. The SMILES string of the molecule is CCSc1cccc(Oc2cncc(Cl)c2)c1C#N. The third kappa shape index (κ3) is 3.40. The molecule has 0 bridgehead atoms. The summed E-state index contributed by atoms with van der Waals surface area (Å²) < 4.78 is 5.69. The number of nitriles is 1. The third-order valence-electron chi connectivity index (χ3n) is 2.31. The van der Waals surface area contributed by atoms with Gasteiger partial charge in [-0.2, -0.15) is 5.26 Å². The van der Waals surface area contributed by atoms with E-state index in [2.05, 4.69) is 11.1 Å². The lowest BCUT2D eigenvalue weighted by atomic mass is 10.2. The van der Waals surface area contributed by atoms with Crippen LogP contribution in [0.5, 0.6) is 11.5 Å². The topological polar surface area (TPSA) is 45.9 Å². The van der Waals surface area contributed by atoms with E-state index >= 15 is 0 Å². The maximum Gasteiger partial charge on any atom is 0.147 e. The van der Waals surface area contributed by atoms with Gasteiger partial charge in [0, 0.05) is 17.2 Å². The van der Waals surface area contributed by atoms with E-state index in [9.17, 15) is 5.26 Å².